The highest BCUT2D eigenvalue weighted by Crippen LogP contribution is 2.20. The molecule has 0 radical (unpaired) electrons. The van der Waals surface area contributed by atoms with Crippen LogP contribution in [0.3, 0.4) is 0 Å². The van der Waals surface area contributed by atoms with Crippen molar-refractivity contribution in [2.75, 3.05) is 19.6 Å². The Balaban J connectivity index is 1.77. The number of amides is 1. The Morgan fingerprint density at radius 1 is 1.41 bits per heavy atom. The molecule has 1 N–H and O–H groups in total. The van der Waals surface area contributed by atoms with E-state index in [1.165, 1.54) is 0 Å². The first kappa shape index (κ1) is 14.8. The second kappa shape index (κ2) is 5.57. The van der Waals surface area contributed by atoms with Crippen LogP contribution in [0, 0.1) is 0 Å². The second-order valence-electron chi connectivity index (χ2n) is 6.42. The van der Waals surface area contributed by atoms with Crippen LogP contribution in [0.1, 0.15) is 32.5 Å². The number of rotatable bonds is 1. The Hall–Kier alpha value is -2.15. The van der Waals surface area contributed by atoms with Crippen molar-refractivity contribution in [2.45, 2.75) is 32.4 Å². The summed E-state index contributed by atoms with van der Waals surface area (Å²) in [4.78, 5) is 22.4. The highest BCUT2D eigenvalue weighted by atomic mass is 16.6. The summed E-state index contributed by atoms with van der Waals surface area (Å²) in [6.45, 7) is 7.56. The maximum Gasteiger partial charge on any atom is 0.410 e. The van der Waals surface area contributed by atoms with Crippen molar-refractivity contribution in [1.82, 2.24) is 24.6 Å². The number of hydrogen-bond acceptors (Lipinski definition) is 5. The Labute approximate surface area is 129 Å². The van der Waals surface area contributed by atoms with E-state index in [0.29, 0.717) is 13.1 Å². The summed E-state index contributed by atoms with van der Waals surface area (Å²) in [6.07, 6.45) is 6.89. The number of nitrogens with one attached hydrogen (secondary N) is 1. The number of ether oxygens (including phenoxy) is 1. The fourth-order valence-corrected chi connectivity index (χ4v) is 2.56. The van der Waals surface area contributed by atoms with E-state index < -0.39 is 5.60 Å². The number of imidazole rings is 1. The van der Waals surface area contributed by atoms with Crippen LogP contribution in [0.2, 0.25) is 0 Å². The summed E-state index contributed by atoms with van der Waals surface area (Å²) in [6, 6.07) is 0.0265. The van der Waals surface area contributed by atoms with E-state index in [1.807, 2.05) is 37.6 Å². The number of fused-ring (bicyclic) bond motifs is 1. The number of hydrogen-bond donors (Lipinski definition) is 1. The molecule has 22 heavy (non-hydrogen) atoms. The highest BCUT2D eigenvalue weighted by Gasteiger charge is 2.29. The molecule has 0 bridgehead atoms. The highest BCUT2D eigenvalue weighted by molar-refractivity contribution is 5.68. The molecule has 1 unspecified atom stereocenters. The van der Waals surface area contributed by atoms with Crippen molar-refractivity contribution in [2.24, 2.45) is 0 Å². The van der Waals surface area contributed by atoms with Gasteiger partial charge < -0.3 is 15.0 Å². The van der Waals surface area contributed by atoms with Gasteiger partial charge in [0.1, 0.15) is 5.60 Å². The number of carbonyl (C=O) groups excluding carboxylic acids is 1. The van der Waals surface area contributed by atoms with Crippen LogP contribution in [0.25, 0.3) is 5.65 Å². The smallest absolute Gasteiger partial charge is 0.410 e. The minimum Gasteiger partial charge on any atom is -0.444 e. The van der Waals surface area contributed by atoms with E-state index in [4.69, 9.17) is 4.74 Å². The molecule has 1 fully saturated rings. The van der Waals surface area contributed by atoms with Crippen molar-refractivity contribution in [3.8, 4) is 0 Å². The molecule has 2 aromatic rings. The molecule has 3 heterocycles. The average Bonchev–Trinajstić information content (AvgIpc) is 2.89. The van der Waals surface area contributed by atoms with E-state index in [9.17, 15) is 4.79 Å². The van der Waals surface area contributed by atoms with Crippen molar-refractivity contribution < 1.29 is 9.53 Å². The number of nitrogens with zero attached hydrogens (tertiary/aromatic N) is 4. The van der Waals surface area contributed by atoms with Crippen LogP contribution in [0.15, 0.2) is 24.8 Å². The maximum atomic E-state index is 12.2. The quantitative estimate of drug-likeness (QED) is 0.866. The topological polar surface area (TPSA) is 71.8 Å². The Morgan fingerprint density at radius 2 is 2.23 bits per heavy atom. The van der Waals surface area contributed by atoms with Crippen LogP contribution in [-0.4, -0.2) is 50.6 Å². The Morgan fingerprint density at radius 3 is 3.00 bits per heavy atom. The predicted octanol–water partition coefficient (Wildman–Crippen LogP) is 1.61. The summed E-state index contributed by atoms with van der Waals surface area (Å²) < 4.78 is 7.45. The van der Waals surface area contributed by atoms with Gasteiger partial charge in [0, 0.05) is 32.0 Å². The van der Waals surface area contributed by atoms with Gasteiger partial charge in [-0.1, -0.05) is 0 Å². The molecule has 118 valence electrons. The lowest BCUT2D eigenvalue weighted by molar-refractivity contribution is 0.0193. The third-order valence-corrected chi connectivity index (χ3v) is 3.53. The van der Waals surface area contributed by atoms with Crippen LogP contribution < -0.4 is 5.32 Å². The monoisotopic (exact) mass is 303 g/mol. The molecule has 7 heteroatoms. The summed E-state index contributed by atoms with van der Waals surface area (Å²) >= 11 is 0. The third-order valence-electron chi connectivity index (χ3n) is 3.53. The van der Waals surface area contributed by atoms with Gasteiger partial charge in [0.05, 0.1) is 24.1 Å². The van der Waals surface area contributed by atoms with Crippen LogP contribution in [-0.2, 0) is 4.74 Å². The molecular weight excluding hydrogens is 282 g/mol. The molecular formula is C15H21N5O2. The van der Waals surface area contributed by atoms with Crippen molar-refractivity contribution in [3.63, 3.8) is 0 Å². The van der Waals surface area contributed by atoms with Gasteiger partial charge in [-0.2, -0.15) is 0 Å². The minimum absolute atomic E-state index is 0.0265. The third kappa shape index (κ3) is 3.04. The zero-order chi connectivity index (χ0) is 15.7. The largest absolute Gasteiger partial charge is 0.444 e. The molecule has 0 saturated carbocycles. The standard InChI is InChI=1S/C15H21N5O2/c1-15(2,3)22-14(21)19-6-5-17-11(10-19)12-8-18-13-9-16-4-7-20(12)13/h4,7-9,11,17H,5-6,10H2,1-3H3. The van der Waals surface area contributed by atoms with Crippen molar-refractivity contribution in [1.29, 1.82) is 0 Å². The van der Waals surface area contributed by atoms with E-state index in [2.05, 4.69) is 15.3 Å². The lowest BCUT2D eigenvalue weighted by Crippen LogP contribution is -2.49. The molecule has 0 spiro atoms. The summed E-state index contributed by atoms with van der Waals surface area (Å²) in [5.41, 5.74) is 1.34. The zero-order valence-electron chi connectivity index (χ0n) is 13.1. The van der Waals surface area contributed by atoms with Crippen LogP contribution in [0.5, 0.6) is 0 Å². The molecule has 1 aliphatic heterocycles. The average molecular weight is 303 g/mol. The van der Waals surface area contributed by atoms with Gasteiger partial charge in [0.25, 0.3) is 0 Å². The number of carbonyl (C=O) groups is 1. The molecule has 3 rings (SSSR count). The van der Waals surface area contributed by atoms with E-state index in [-0.39, 0.29) is 12.1 Å². The van der Waals surface area contributed by atoms with Gasteiger partial charge in [-0.05, 0) is 20.8 Å². The summed E-state index contributed by atoms with van der Waals surface area (Å²) in [5.74, 6) is 0. The molecule has 7 nitrogen and oxygen atoms in total. The van der Waals surface area contributed by atoms with E-state index >= 15 is 0 Å². The molecule has 1 saturated heterocycles. The fraction of sp³-hybridized carbons (Fsp3) is 0.533. The first-order valence-corrected chi connectivity index (χ1v) is 7.42. The lowest BCUT2D eigenvalue weighted by Gasteiger charge is -2.34. The maximum absolute atomic E-state index is 12.2. The second-order valence-corrected chi connectivity index (χ2v) is 6.42. The summed E-state index contributed by atoms with van der Waals surface area (Å²) in [5, 5.41) is 3.43. The SMILES string of the molecule is CC(C)(C)OC(=O)N1CCNC(c2cnc3cnccn23)C1. The minimum atomic E-state index is -0.480. The zero-order valence-corrected chi connectivity index (χ0v) is 13.1. The Bertz CT molecular complexity index is 676. The first-order valence-electron chi connectivity index (χ1n) is 7.42. The van der Waals surface area contributed by atoms with Gasteiger partial charge in [-0.15, -0.1) is 0 Å². The normalized spacial score (nSPS) is 19.4. The van der Waals surface area contributed by atoms with Gasteiger partial charge in [0.2, 0.25) is 0 Å². The lowest BCUT2D eigenvalue weighted by atomic mass is 10.1. The van der Waals surface area contributed by atoms with Gasteiger partial charge in [-0.3, -0.25) is 9.38 Å². The van der Waals surface area contributed by atoms with Crippen molar-refractivity contribution in [3.05, 3.63) is 30.5 Å². The van der Waals surface area contributed by atoms with Gasteiger partial charge in [0.15, 0.2) is 5.65 Å². The molecule has 1 aliphatic rings. The van der Waals surface area contributed by atoms with Gasteiger partial charge in [-0.25, -0.2) is 9.78 Å². The first-order chi connectivity index (χ1) is 10.4. The fourth-order valence-electron chi connectivity index (χ4n) is 2.56. The molecule has 1 atom stereocenters. The summed E-state index contributed by atoms with van der Waals surface area (Å²) in [7, 11) is 0. The van der Waals surface area contributed by atoms with Crippen molar-refractivity contribution >= 4 is 11.7 Å². The van der Waals surface area contributed by atoms with Crippen LogP contribution >= 0.6 is 0 Å². The predicted molar refractivity (Wildman–Crippen MR) is 81.5 cm³/mol. The number of piperazine rings is 1. The van der Waals surface area contributed by atoms with Gasteiger partial charge >= 0.3 is 6.09 Å². The molecule has 2 aromatic heterocycles. The van der Waals surface area contributed by atoms with Crippen LogP contribution in [0.4, 0.5) is 4.79 Å². The van der Waals surface area contributed by atoms with E-state index in [0.717, 1.165) is 17.9 Å². The number of aromatic nitrogens is 3. The molecule has 0 aromatic carbocycles. The molecule has 0 aliphatic carbocycles. The van der Waals surface area contributed by atoms with E-state index in [1.54, 1.807) is 17.3 Å². The molecule has 1 amide bonds. The Kier molecular flexibility index (Phi) is 3.74.